The Morgan fingerprint density at radius 2 is 1.71 bits per heavy atom. The van der Waals surface area contributed by atoms with E-state index in [1.54, 1.807) is 0 Å². The molecule has 0 bridgehead atoms. The molecule has 1 aliphatic heterocycles. The first-order chi connectivity index (χ1) is 8.42. The van der Waals surface area contributed by atoms with Gasteiger partial charge in [0.15, 0.2) is 5.75 Å². The van der Waals surface area contributed by atoms with Crippen LogP contribution in [0.25, 0.3) is 6.08 Å². The summed E-state index contributed by atoms with van der Waals surface area (Å²) in [6, 6.07) is 18.3. The van der Waals surface area contributed by atoms with Gasteiger partial charge in [-0.05, 0) is 17.7 Å². The maximum Gasteiger partial charge on any atom is 0.160 e. The number of fused-ring (bicyclic) bond motifs is 1. The third kappa shape index (κ3) is 2.16. The summed E-state index contributed by atoms with van der Waals surface area (Å²) in [4.78, 5) is 5.68. The van der Waals surface area contributed by atoms with Crippen molar-refractivity contribution >= 4 is 6.08 Å². The zero-order valence-corrected chi connectivity index (χ0v) is 9.41. The van der Waals surface area contributed by atoms with Crippen LogP contribution in [-0.4, -0.2) is 5.06 Å². The lowest BCUT2D eigenvalue weighted by Gasteiger charge is -2.10. The summed E-state index contributed by atoms with van der Waals surface area (Å²) in [5, 5.41) is 1.84. The maximum absolute atomic E-state index is 5.68. The Bertz CT molecular complexity index is 509. The number of para-hydroxylation sites is 1. The zero-order chi connectivity index (χ0) is 11.5. The predicted octanol–water partition coefficient (Wildman–Crippen LogP) is 3.47. The average Bonchev–Trinajstić information content (AvgIpc) is 2.80. The van der Waals surface area contributed by atoms with E-state index in [-0.39, 0.29) is 0 Å². The predicted molar refractivity (Wildman–Crippen MR) is 68.1 cm³/mol. The fourth-order valence-corrected chi connectivity index (χ4v) is 1.87. The zero-order valence-electron chi connectivity index (χ0n) is 9.41. The van der Waals surface area contributed by atoms with Gasteiger partial charge in [0.05, 0.1) is 6.54 Å². The molecule has 0 saturated heterocycles. The summed E-state index contributed by atoms with van der Waals surface area (Å²) in [6.07, 6.45) is 4.02. The number of rotatable bonds is 2. The second-order valence-corrected chi connectivity index (χ2v) is 4.00. The Morgan fingerprint density at radius 1 is 0.941 bits per heavy atom. The fourth-order valence-electron chi connectivity index (χ4n) is 1.87. The molecule has 0 aromatic heterocycles. The minimum absolute atomic E-state index is 0.805. The van der Waals surface area contributed by atoms with E-state index in [1.165, 1.54) is 11.1 Å². The van der Waals surface area contributed by atoms with Gasteiger partial charge in [-0.3, -0.25) is 0 Å². The van der Waals surface area contributed by atoms with Crippen LogP contribution in [0.5, 0.6) is 5.75 Å². The van der Waals surface area contributed by atoms with Gasteiger partial charge < -0.3 is 4.84 Å². The Kier molecular flexibility index (Phi) is 2.54. The van der Waals surface area contributed by atoms with E-state index < -0.39 is 0 Å². The van der Waals surface area contributed by atoms with Crippen LogP contribution in [0.4, 0.5) is 0 Å². The van der Waals surface area contributed by atoms with Crippen molar-refractivity contribution in [2.75, 3.05) is 0 Å². The van der Waals surface area contributed by atoms with E-state index in [0.717, 1.165) is 12.3 Å². The molecule has 0 fully saturated rings. The van der Waals surface area contributed by atoms with Crippen molar-refractivity contribution < 1.29 is 4.84 Å². The molecule has 1 aliphatic rings. The summed E-state index contributed by atoms with van der Waals surface area (Å²) in [5.41, 5.74) is 2.40. The highest BCUT2D eigenvalue weighted by atomic mass is 16.7. The first-order valence-corrected chi connectivity index (χ1v) is 5.67. The molecule has 3 rings (SSSR count). The number of hydrogen-bond acceptors (Lipinski definition) is 2. The molecule has 0 unspecified atom stereocenters. The molecule has 2 aromatic rings. The van der Waals surface area contributed by atoms with E-state index in [1.807, 2.05) is 53.7 Å². The molecule has 2 nitrogen and oxygen atoms in total. The maximum atomic E-state index is 5.68. The Labute approximate surface area is 101 Å². The molecule has 84 valence electrons. The Morgan fingerprint density at radius 3 is 2.53 bits per heavy atom. The van der Waals surface area contributed by atoms with Crippen molar-refractivity contribution in [1.29, 1.82) is 0 Å². The highest BCUT2D eigenvalue weighted by Gasteiger charge is 2.16. The Hall–Kier alpha value is -2.22. The van der Waals surface area contributed by atoms with Crippen LogP contribution in [0.3, 0.4) is 0 Å². The second kappa shape index (κ2) is 4.34. The summed E-state index contributed by atoms with van der Waals surface area (Å²) < 4.78 is 0. The quantitative estimate of drug-likeness (QED) is 0.773. The third-order valence-electron chi connectivity index (χ3n) is 2.75. The first-order valence-electron chi connectivity index (χ1n) is 5.67. The van der Waals surface area contributed by atoms with Crippen molar-refractivity contribution in [2.24, 2.45) is 0 Å². The van der Waals surface area contributed by atoms with Gasteiger partial charge in [-0.1, -0.05) is 48.5 Å². The summed E-state index contributed by atoms with van der Waals surface area (Å²) in [7, 11) is 0. The van der Waals surface area contributed by atoms with Gasteiger partial charge in [-0.15, -0.1) is 0 Å². The van der Waals surface area contributed by atoms with Gasteiger partial charge in [0.2, 0.25) is 0 Å². The average molecular weight is 223 g/mol. The van der Waals surface area contributed by atoms with Crippen LogP contribution in [0.1, 0.15) is 11.1 Å². The van der Waals surface area contributed by atoms with Crippen molar-refractivity contribution in [3.8, 4) is 5.75 Å². The lowest BCUT2D eigenvalue weighted by Crippen LogP contribution is -2.12. The van der Waals surface area contributed by atoms with E-state index in [4.69, 9.17) is 4.84 Å². The highest BCUT2D eigenvalue weighted by Crippen LogP contribution is 2.27. The fraction of sp³-hybridized carbons (Fsp3) is 0.0667. The summed E-state index contributed by atoms with van der Waals surface area (Å²) in [5.74, 6) is 0.949. The summed E-state index contributed by atoms with van der Waals surface area (Å²) in [6.45, 7) is 0.805. The monoisotopic (exact) mass is 223 g/mol. The molecular formula is C15H13NO. The van der Waals surface area contributed by atoms with E-state index in [9.17, 15) is 0 Å². The molecule has 0 atom stereocenters. The summed E-state index contributed by atoms with van der Waals surface area (Å²) >= 11 is 0. The Balaban J connectivity index is 1.72. The van der Waals surface area contributed by atoms with Crippen LogP contribution in [0.2, 0.25) is 0 Å². The van der Waals surface area contributed by atoms with Crippen LogP contribution < -0.4 is 4.84 Å². The number of nitrogens with zero attached hydrogens (tertiary/aromatic N) is 1. The van der Waals surface area contributed by atoms with Crippen LogP contribution in [0.15, 0.2) is 60.8 Å². The van der Waals surface area contributed by atoms with Gasteiger partial charge in [0, 0.05) is 11.8 Å². The van der Waals surface area contributed by atoms with Gasteiger partial charge in [-0.2, -0.15) is 0 Å². The van der Waals surface area contributed by atoms with Crippen molar-refractivity contribution in [1.82, 2.24) is 5.06 Å². The largest absolute Gasteiger partial charge is 0.379 e. The van der Waals surface area contributed by atoms with E-state index in [2.05, 4.69) is 18.2 Å². The molecule has 0 radical (unpaired) electrons. The molecule has 17 heavy (non-hydrogen) atoms. The van der Waals surface area contributed by atoms with E-state index >= 15 is 0 Å². The lowest BCUT2D eigenvalue weighted by molar-refractivity contribution is 0.0128. The minimum atomic E-state index is 0.805. The normalized spacial score (nSPS) is 13.8. The number of benzene rings is 2. The van der Waals surface area contributed by atoms with Crippen LogP contribution >= 0.6 is 0 Å². The molecule has 0 saturated carbocycles. The van der Waals surface area contributed by atoms with Crippen LogP contribution in [-0.2, 0) is 6.54 Å². The third-order valence-corrected chi connectivity index (χ3v) is 2.75. The lowest BCUT2D eigenvalue weighted by atomic mass is 10.2. The molecule has 0 N–H and O–H groups in total. The van der Waals surface area contributed by atoms with Crippen molar-refractivity contribution in [3.63, 3.8) is 0 Å². The molecular weight excluding hydrogens is 210 g/mol. The van der Waals surface area contributed by atoms with Gasteiger partial charge >= 0.3 is 0 Å². The topological polar surface area (TPSA) is 12.5 Å². The van der Waals surface area contributed by atoms with Crippen molar-refractivity contribution in [2.45, 2.75) is 6.54 Å². The smallest absolute Gasteiger partial charge is 0.160 e. The standard InChI is InChI=1S/C15H13NO/c1-2-6-13(7-3-1)10-11-16-12-14-8-4-5-9-15(14)17-16/h1-11H,12H2. The molecule has 1 heterocycles. The number of hydrogen-bond donors (Lipinski definition) is 0. The van der Waals surface area contributed by atoms with Gasteiger partial charge in [0.25, 0.3) is 0 Å². The molecule has 0 spiro atoms. The SMILES string of the molecule is C(=CN1Cc2ccccc2O1)c1ccccc1. The molecule has 0 aliphatic carbocycles. The number of hydroxylamine groups is 2. The van der Waals surface area contributed by atoms with Gasteiger partial charge in [-0.25, -0.2) is 5.06 Å². The molecule has 2 aromatic carbocycles. The van der Waals surface area contributed by atoms with Crippen molar-refractivity contribution in [3.05, 3.63) is 71.9 Å². The van der Waals surface area contributed by atoms with Gasteiger partial charge in [0.1, 0.15) is 0 Å². The minimum Gasteiger partial charge on any atom is -0.379 e. The van der Waals surface area contributed by atoms with E-state index in [0.29, 0.717) is 0 Å². The highest BCUT2D eigenvalue weighted by molar-refractivity contribution is 5.48. The van der Waals surface area contributed by atoms with Crippen LogP contribution in [0, 0.1) is 0 Å². The second-order valence-electron chi connectivity index (χ2n) is 4.00. The molecule has 2 heteroatoms. The molecule has 0 amide bonds. The first kappa shape index (κ1) is 9.97.